The third-order valence-electron chi connectivity index (χ3n) is 3.54. The van der Waals surface area contributed by atoms with Crippen molar-refractivity contribution in [3.63, 3.8) is 0 Å². The molecule has 19 heavy (non-hydrogen) atoms. The van der Waals surface area contributed by atoms with Gasteiger partial charge in [-0.3, -0.25) is 0 Å². The Labute approximate surface area is 120 Å². The average molecular weight is 297 g/mol. The van der Waals surface area contributed by atoms with Crippen LogP contribution in [0.1, 0.15) is 29.3 Å². The van der Waals surface area contributed by atoms with Crippen LogP contribution < -0.4 is 5.73 Å². The second-order valence-corrected chi connectivity index (χ2v) is 6.24. The number of halogens is 2. The minimum Gasteiger partial charge on any atom is -0.330 e. The molecule has 1 unspecified atom stereocenters. The maximum absolute atomic E-state index is 14.0. The molecular weight excluding hydrogens is 283 g/mol. The van der Waals surface area contributed by atoms with Gasteiger partial charge in [0, 0.05) is 22.9 Å². The molecule has 100 valence electrons. The molecule has 0 fully saturated rings. The van der Waals surface area contributed by atoms with Crippen molar-refractivity contribution in [2.45, 2.75) is 25.2 Å². The molecule has 0 aliphatic heterocycles. The zero-order chi connectivity index (χ0) is 13.4. The number of rotatable bonds is 2. The summed E-state index contributed by atoms with van der Waals surface area (Å²) in [6.45, 7) is 0.605. The lowest BCUT2D eigenvalue weighted by Gasteiger charge is -2.18. The molecule has 1 aliphatic carbocycles. The van der Waals surface area contributed by atoms with Crippen LogP contribution in [0.15, 0.2) is 18.2 Å². The molecule has 0 bridgehead atoms. The largest absolute Gasteiger partial charge is 0.330 e. The van der Waals surface area contributed by atoms with Crippen molar-refractivity contribution in [2.24, 2.45) is 5.73 Å². The first-order chi connectivity index (χ1) is 9.20. The Kier molecular flexibility index (Phi) is 3.56. The number of nitrogens with two attached hydrogens (primary N) is 1. The Bertz CT molecular complexity index is 611. The number of hydrogen-bond donors (Lipinski definition) is 1. The maximum Gasteiger partial charge on any atom is 0.152 e. The molecule has 2 aromatic rings. The molecule has 1 aromatic heterocycles. The van der Waals surface area contributed by atoms with E-state index < -0.39 is 0 Å². The first-order valence-electron chi connectivity index (χ1n) is 6.34. The maximum atomic E-state index is 14.0. The lowest BCUT2D eigenvalue weighted by molar-refractivity contribution is 0.554. The number of thiazole rings is 1. The molecule has 2 N–H and O–H groups in total. The molecule has 0 saturated carbocycles. The lowest BCUT2D eigenvalue weighted by Crippen LogP contribution is -2.17. The van der Waals surface area contributed by atoms with Crippen LogP contribution in [0.3, 0.4) is 0 Å². The number of fused-ring (bicyclic) bond motifs is 1. The van der Waals surface area contributed by atoms with Gasteiger partial charge in [0.25, 0.3) is 0 Å². The topological polar surface area (TPSA) is 38.9 Å². The third-order valence-corrected chi connectivity index (χ3v) is 4.99. The number of hydrogen-bond acceptors (Lipinski definition) is 3. The fourth-order valence-corrected chi connectivity index (χ4v) is 3.90. The predicted molar refractivity (Wildman–Crippen MR) is 77.3 cm³/mol. The van der Waals surface area contributed by atoms with E-state index in [9.17, 15) is 4.39 Å². The third kappa shape index (κ3) is 2.29. The van der Waals surface area contributed by atoms with Crippen molar-refractivity contribution in [2.75, 3.05) is 6.54 Å². The Morgan fingerprint density at radius 3 is 3.11 bits per heavy atom. The molecule has 0 radical (unpaired) electrons. The fourth-order valence-electron chi connectivity index (χ4n) is 2.52. The second-order valence-electron chi connectivity index (χ2n) is 4.75. The Hall–Kier alpha value is -0.970. The minimum atomic E-state index is -0.389. The van der Waals surface area contributed by atoms with Crippen molar-refractivity contribution in [1.82, 2.24) is 4.98 Å². The van der Waals surface area contributed by atoms with E-state index in [1.54, 1.807) is 29.5 Å². The van der Waals surface area contributed by atoms with E-state index in [1.165, 1.54) is 4.88 Å². The molecule has 1 aromatic carbocycles. The van der Waals surface area contributed by atoms with Gasteiger partial charge in [0.15, 0.2) is 5.82 Å². The van der Waals surface area contributed by atoms with Crippen LogP contribution in [0.4, 0.5) is 4.39 Å². The summed E-state index contributed by atoms with van der Waals surface area (Å²) in [5.74, 6) is -0.0736. The number of aryl methyl sites for hydroxylation is 1. The van der Waals surface area contributed by atoms with Crippen molar-refractivity contribution in [3.05, 3.63) is 39.6 Å². The molecule has 1 aliphatic rings. The Morgan fingerprint density at radius 2 is 2.32 bits per heavy atom. The monoisotopic (exact) mass is 296 g/mol. The normalized spacial score (nSPS) is 18.4. The molecule has 1 atom stereocenters. The van der Waals surface area contributed by atoms with E-state index in [1.807, 2.05) is 0 Å². The standard InChI is InChI=1S/C14H14ClFN2S/c15-10-5-2-4-9(12(10)16)14-18-13-8(7-17)3-1-6-11(13)19-14/h2,4-5,8H,1,3,6-7,17H2. The zero-order valence-corrected chi connectivity index (χ0v) is 11.9. The summed E-state index contributed by atoms with van der Waals surface area (Å²) < 4.78 is 14.0. The highest BCUT2D eigenvalue weighted by molar-refractivity contribution is 7.15. The number of benzene rings is 1. The van der Waals surface area contributed by atoms with Gasteiger partial charge in [0.2, 0.25) is 0 Å². The van der Waals surface area contributed by atoms with Gasteiger partial charge >= 0.3 is 0 Å². The van der Waals surface area contributed by atoms with Crippen LogP contribution >= 0.6 is 22.9 Å². The van der Waals surface area contributed by atoms with Crippen LogP contribution in [-0.4, -0.2) is 11.5 Å². The SMILES string of the molecule is NCC1CCCc2sc(-c3cccc(Cl)c3F)nc21. The molecule has 0 spiro atoms. The van der Waals surface area contributed by atoms with Crippen molar-refractivity contribution < 1.29 is 4.39 Å². The summed E-state index contributed by atoms with van der Waals surface area (Å²) >= 11 is 7.39. The molecule has 0 amide bonds. The smallest absolute Gasteiger partial charge is 0.152 e. The van der Waals surface area contributed by atoms with Crippen LogP contribution in [0.25, 0.3) is 10.6 Å². The van der Waals surface area contributed by atoms with Crippen LogP contribution in [0.5, 0.6) is 0 Å². The summed E-state index contributed by atoms with van der Waals surface area (Å²) in [6, 6.07) is 5.03. The summed E-state index contributed by atoms with van der Waals surface area (Å²) in [4.78, 5) is 5.86. The van der Waals surface area contributed by atoms with Crippen molar-refractivity contribution in [3.8, 4) is 10.6 Å². The van der Waals surface area contributed by atoms with E-state index in [4.69, 9.17) is 17.3 Å². The quantitative estimate of drug-likeness (QED) is 0.910. The van der Waals surface area contributed by atoms with E-state index in [0.29, 0.717) is 23.0 Å². The Morgan fingerprint density at radius 1 is 1.47 bits per heavy atom. The van der Waals surface area contributed by atoms with Gasteiger partial charge in [-0.2, -0.15) is 0 Å². The molecule has 0 saturated heterocycles. The highest BCUT2D eigenvalue weighted by atomic mass is 35.5. The Balaban J connectivity index is 2.07. The highest BCUT2D eigenvalue weighted by Gasteiger charge is 2.25. The van der Waals surface area contributed by atoms with E-state index in [-0.39, 0.29) is 10.8 Å². The van der Waals surface area contributed by atoms with Gasteiger partial charge in [0.05, 0.1) is 10.7 Å². The first-order valence-corrected chi connectivity index (χ1v) is 7.54. The zero-order valence-electron chi connectivity index (χ0n) is 10.3. The van der Waals surface area contributed by atoms with Crippen molar-refractivity contribution in [1.29, 1.82) is 0 Å². The molecule has 5 heteroatoms. The van der Waals surface area contributed by atoms with Crippen LogP contribution in [0.2, 0.25) is 5.02 Å². The summed E-state index contributed by atoms with van der Waals surface area (Å²) in [5.41, 5.74) is 7.34. The van der Waals surface area contributed by atoms with E-state index in [0.717, 1.165) is 25.0 Å². The molecule has 3 rings (SSSR count). The van der Waals surface area contributed by atoms with E-state index in [2.05, 4.69) is 4.98 Å². The molecule has 2 nitrogen and oxygen atoms in total. The van der Waals surface area contributed by atoms with Gasteiger partial charge in [-0.05, 0) is 31.4 Å². The molecular formula is C14H14ClFN2S. The molecule has 1 heterocycles. The van der Waals surface area contributed by atoms with Gasteiger partial charge in [-0.25, -0.2) is 9.37 Å². The summed E-state index contributed by atoms with van der Waals surface area (Å²) in [6.07, 6.45) is 3.23. The number of nitrogens with zero attached hydrogens (tertiary/aromatic N) is 1. The fraction of sp³-hybridized carbons (Fsp3) is 0.357. The van der Waals surface area contributed by atoms with Crippen LogP contribution in [0, 0.1) is 5.82 Å². The predicted octanol–water partition coefficient (Wildman–Crippen LogP) is 3.98. The van der Waals surface area contributed by atoms with Gasteiger partial charge in [-0.15, -0.1) is 11.3 Å². The number of aromatic nitrogens is 1. The first kappa shape index (κ1) is 13.0. The second kappa shape index (κ2) is 5.19. The lowest BCUT2D eigenvalue weighted by atomic mass is 9.91. The van der Waals surface area contributed by atoms with Gasteiger partial charge < -0.3 is 5.73 Å². The minimum absolute atomic E-state index is 0.140. The average Bonchev–Trinajstić information content (AvgIpc) is 2.85. The summed E-state index contributed by atoms with van der Waals surface area (Å²) in [7, 11) is 0. The van der Waals surface area contributed by atoms with E-state index >= 15 is 0 Å². The summed E-state index contributed by atoms with van der Waals surface area (Å²) in [5, 5.41) is 0.853. The van der Waals surface area contributed by atoms with Gasteiger partial charge in [-0.1, -0.05) is 17.7 Å². The van der Waals surface area contributed by atoms with Crippen molar-refractivity contribution >= 4 is 22.9 Å². The van der Waals surface area contributed by atoms with Gasteiger partial charge in [0.1, 0.15) is 5.01 Å². The highest BCUT2D eigenvalue weighted by Crippen LogP contribution is 2.39. The van der Waals surface area contributed by atoms with Crippen LogP contribution in [-0.2, 0) is 6.42 Å².